The lowest BCUT2D eigenvalue weighted by atomic mass is 10.1. The number of rotatable bonds is 28. The van der Waals surface area contributed by atoms with Gasteiger partial charge >= 0.3 is 25.7 Å². The van der Waals surface area contributed by atoms with Crippen molar-refractivity contribution < 1.29 is 58.1 Å². The third kappa shape index (κ3) is 23.9. The first-order valence-electron chi connectivity index (χ1n) is 15.1. The van der Waals surface area contributed by atoms with Crippen LogP contribution in [0.15, 0.2) is 0 Å². The number of amides is 3. The molecular weight excluding hydrogens is 617 g/mol. The summed E-state index contributed by atoms with van der Waals surface area (Å²) in [6.45, 7) is 2.51. The molecule has 0 heterocycles. The second kappa shape index (κ2) is 24.2. The van der Waals surface area contributed by atoms with E-state index >= 15 is 0 Å². The van der Waals surface area contributed by atoms with E-state index < -0.39 is 68.4 Å². The number of unbranched alkanes of at least 4 members (excludes halogenated alkanes) is 4. The van der Waals surface area contributed by atoms with E-state index in [1.807, 2.05) is 5.09 Å². The highest BCUT2D eigenvalue weighted by molar-refractivity contribution is 7.50. The lowest BCUT2D eigenvalue weighted by molar-refractivity contribution is -0.142. The maximum atomic E-state index is 12.3. The molecule has 3 amide bonds. The van der Waals surface area contributed by atoms with Crippen LogP contribution in [0.25, 0.3) is 0 Å². The molecule has 260 valence electrons. The van der Waals surface area contributed by atoms with Crippen molar-refractivity contribution >= 4 is 43.4 Å². The van der Waals surface area contributed by atoms with Crippen molar-refractivity contribution in [2.75, 3.05) is 19.7 Å². The number of hydrogen-bond donors (Lipinski definition) is 9. The lowest BCUT2D eigenvalue weighted by Gasteiger charge is -2.19. The van der Waals surface area contributed by atoms with Crippen LogP contribution in [0, 0.1) is 0 Å². The predicted octanol–water partition coefficient (Wildman–Crippen LogP) is 0.841. The van der Waals surface area contributed by atoms with Gasteiger partial charge in [0.05, 0.1) is 6.61 Å². The summed E-state index contributed by atoms with van der Waals surface area (Å²) in [5.74, 6) is -4.97. The van der Waals surface area contributed by atoms with Gasteiger partial charge in [-0.1, -0.05) is 12.8 Å². The molecule has 0 spiro atoms. The Hall–Kier alpha value is -3.11. The Labute approximate surface area is 263 Å². The third-order valence-electron chi connectivity index (χ3n) is 6.52. The Bertz CT molecular complexity index is 999. The monoisotopic (exact) mass is 667 g/mol. The normalized spacial score (nSPS) is 14.4. The second-order valence-corrected chi connectivity index (χ2v) is 12.2. The first-order chi connectivity index (χ1) is 21.2. The van der Waals surface area contributed by atoms with Gasteiger partial charge < -0.3 is 41.9 Å². The summed E-state index contributed by atoms with van der Waals surface area (Å²) in [6, 6.07) is -3.25. The zero-order chi connectivity index (χ0) is 34.3. The number of carbonyl (C=O) groups excluding carboxylic acids is 3. The number of carbonyl (C=O) groups is 6. The van der Waals surface area contributed by atoms with Crippen molar-refractivity contribution in [3.63, 3.8) is 0 Å². The number of nitrogens with one attached hydrogen (secondary N) is 4. The topological polar surface area (TPSA) is 284 Å². The summed E-state index contributed by atoms with van der Waals surface area (Å²) in [5.41, 5.74) is 5.42. The third-order valence-corrected chi connectivity index (χ3v) is 7.69. The maximum absolute atomic E-state index is 12.3. The molecule has 45 heavy (non-hydrogen) atoms. The van der Waals surface area contributed by atoms with E-state index in [0.29, 0.717) is 45.2 Å². The zero-order valence-electron chi connectivity index (χ0n) is 25.8. The molecule has 4 atom stereocenters. The molecule has 0 aliphatic rings. The molecule has 0 aromatic rings. The zero-order valence-corrected chi connectivity index (χ0v) is 26.7. The fourth-order valence-electron chi connectivity index (χ4n) is 4.05. The molecule has 10 N–H and O–H groups in total. The Morgan fingerprint density at radius 3 is 1.89 bits per heavy atom. The molecular formula is C27H50N5O12P. The molecule has 1 unspecified atom stereocenters. The van der Waals surface area contributed by atoms with Crippen LogP contribution >= 0.6 is 7.75 Å². The van der Waals surface area contributed by atoms with Gasteiger partial charge in [-0.3, -0.25) is 28.5 Å². The van der Waals surface area contributed by atoms with E-state index in [0.717, 1.165) is 19.3 Å². The fraction of sp³-hybridized carbons (Fsp3) is 0.778. The SMILES string of the molecule is C[C@H](CCCOP(=O)(O)N[C@@H](CCC(=O)O)C(=O)O)NC(=O)CC[C@H](NC(=O)CCCCCNC(=O)CCCCCN)C(=O)O. The van der Waals surface area contributed by atoms with E-state index in [2.05, 4.69) is 16.0 Å². The molecule has 17 nitrogen and oxygen atoms in total. The van der Waals surface area contributed by atoms with Crippen LogP contribution in [0.2, 0.25) is 0 Å². The largest absolute Gasteiger partial charge is 0.481 e. The number of carboxylic acids is 3. The van der Waals surface area contributed by atoms with Crippen LogP contribution in [0.3, 0.4) is 0 Å². The number of carboxylic acid groups (broad SMARTS) is 3. The van der Waals surface area contributed by atoms with Gasteiger partial charge in [-0.05, 0) is 64.8 Å². The van der Waals surface area contributed by atoms with Gasteiger partial charge in [-0.25, -0.2) is 14.4 Å². The minimum Gasteiger partial charge on any atom is -0.481 e. The minimum absolute atomic E-state index is 0.0205. The van der Waals surface area contributed by atoms with E-state index in [9.17, 15) is 43.3 Å². The highest BCUT2D eigenvalue weighted by Gasteiger charge is 2.29. The fourth-order valence-corrected chi connectivity index (χ4v) is 5.14. The van der Waals surface area contributed by atoms with Crippen LogP contribution in [-0.2, 0) is 37.9 Å². The number of hydrogen-bond acceptors (Lipinski definition) is 9. The Morgan fingerprint density at radius 1 is 0.711 bits per heavy atom. The molecule has 0 aliphatic heterocycles. The number of nitrogens with two attached hydrogens (primary N) is 1. The van der Waals surface area contributed by atoms with Crippen molar-refractivity contribution in [2.24, 2.45) is 5.73 Å². The van der Waals surface area contributed by atoms with E-state index in [-0.39, 0.29) is 38.2 Å². The van der Waals surface area contributed by atoms with Crippen molar-refractivity contribution in [1.29, 1.82) is 0 Å². The van der Waals surface area contributed by atoms with Crippen molar-refractivity contribution in [3.8, 4) is 0 Å². The van der Waals surface area contributed by atoms with Crippen LogP contribution in [0.1, 0.15) is 96.8 Å². The Kier molecular flexibility index (Phi) is 22.5. The number of aliphatic carboxylic acids is 3. The van der Waals surface area contributed by atoms with E-state index in [1.54, 1.807) is 6.92 Å². The van der Waals surface area contributed by atoms with Gasteiger partial charge in [0, 0.05) is 38.3 Å². The molecule has 0 aromatic carbocycles. The lowest BCUT2D eigenvalue weighted by Crippen LogP contribution is -2.42. The molecule has 0 saturated carbocycles. The standard InChI is InChI=1S/C27H50N5O12P/c1-19(9-8-18-44-45(42,43)32-21(27(40)41)13-15-25(36)37)30-24(35)14-12-20(26(38)39)31-23(34)11-5-3-7-17-29-22(33)10-4-2-6-16-28/h19-21H,2-18,28H2,1H3,(H,29,33)(H,30,35)(H,31,34)(H,36,37)(H,38,39)(H,40,41)(H2,32,42,43)/t19-,20+,21+/m1/s1. The highest BCUT2D eigenvalue weighted by atomic mass is 31.2. The van der Waals surface area contributed by atoms with Gasteiger partial charge in [-0.15, -0.1) is 0 Å². The van der Waals surface area contributed by atoms with Crippen LogP contribution < -0.4 is 26.8 Å². The molecule has 0 rings (SSSR count). The maximum Gasteiger partial charge on any atom is 0.403 e. The first kappa shape index (κ1) is 41.9. The quantitative estimate of drug-likeness (QED) is 0.0413. The molecule has 18 heteroatoms. The van der Waals surface area contributed by atoms with Crippen LogP contribution in [-0.4, -0.2) is 93.7 Å². The van der Waals surface area contributed by atoms with Crippen molar-refractivity contribution in [2.45, 2.75) is 115 Å². The second-order valence-electron chi connectivity index (χ2n) is 10.7. The molecule has 0 fully saturated rings. The molecule has 0 saturated heterocycles. The van der Waals surface area contributed by atoms with Crippen LogP contribution in [0.4, 0.5) is 0 Å². The summed E-state index contributed by atoms with van der Waals surface area (Å²) in [5, 5.41) is 37.0. The van der Waals surface area contributed by atoms with Crippen molar-refractivity contribution in [3.05, 3.63) is 0 Å². The van der Waals surface area contributed by atoms with E-state index in [4.69, 9.17) is 20.5 Å². The Morgan fingerprint density at radius 2 is 1.29 bits per heavy atom. The van der Waals surface area contributed by atoms with E-state index in [1.165, 1.54) is 0 Å². The summed E-state index contributed by atoms with van der Waals surface area (Å²) in [7, 11) is -4.53. The summed E-state index contributed by atoms with van der Waals surface area (Å²) >= 11 is 0. The van der Waals surface area contributed by atoms with Gasteiger partial charge in [-0.2, -0.15) is 0 Å². The predicted molar refractivity (Wildman–Crippen MR) is 162 cm³/mol. The molecule has 0 aliphatic carbocycles. The van der Waals surface area contributed by atoms with Crippen molar-refractivity contribution in [1.82, 2.24) is 21.0 Å². The van der Waals surface area contributed by atoms with Gasteiger partial charge in [0.15, 0.2) is 0 Å². The van der Waals surface area contributed by atoms with Gasteiger partial charge in [0.2, 0.25) is 17.7 Å². The molecule has 0 radical (unpaired) electrons. The highest BCUT2D eigenvalue weighted by Crippen LogP contribution is 2.38. The summed E-state index contributed by atoms with van der Waals surface area (Å²) in [6.07, 6.45) is 4.28. The van der Waals surface area contributed by atoms with Gasteiger partial charge in [0.25, 0.3) is 0 Å². The first-order valence-corrected chi connectivity index (χ1v) is 16.7. The average molecular weight is 668 g/mol. The molecule has 0 aromatic heterocycles. The smallest absolute Gasteiger partial charge is 0.403 e. The summed E-state index contributed by atoms with van der Waals surface area (Å²) < 4.78 is 16.9. The Balaban J connectivity index is 4.25. The average Bonchev–Trinajstić information content (AvgIpc) is 2.95. The minimum atomic E-state index is -4.53. The van der Waals surface area contributed by atoms with Gasteiger partial charge in [0.1, 0.15) is 12.1 Å². The van der Waals surface area contributed by atoms with Crippen LogP contribution in [0.5, 0.6) is 0 Å². The molecule has 0 bridgehead atoms. The summed E-state index contributed by atoms with van der Waals surface area (Å²) in [4.78, 5) is 79.4.